The van der Waals surface area contributed by atoms with E-state index >= 15 is 0 Å². The third-order valence-electron chi connectivity index (χ3n) is 3.14. The van der Waals surface area contributed by atoms with Crippen LogP contribution < -0.4 is 14.8 Å². The van der Waals surface area contributed by atoms with Crippen molar-refractivity contribution in [2.24, 2.45) is 0 Å². The van der Waals surface area contributed by atoms with Gasteiger partial charge in [-0.15, -0.1) is 6.58 Å². The molecular formula is C17H27NO2. The van der Waals surface area contributed by atoms with Crippen molar-refractivity contribution in [1.29, 1.82) is 0 Å². The summed E-state index contributed by atoms with van der Waals surface area (Å²) < 4.78 is 11.3. The molecule has 3 heteroatoms. The van der Waals surface area contributed by atoms with Gasteiger partial charge < -0.3 is 14.8 Å². The van der Waals surface area contributed by atoms with Crippen LogP contribution >= 0.6 is 0 Å². The molecule has 0 fully saturated rings. The predicted octanol–water partition coefficient (Wildman–Crippen LogP) is 3.93. The molecule has 0 bridgehead atoms. The number of benzene rings is 1. The Morgan fingerprint density at radius 3 is 2.80 bits per heavy atom. The third-order valence-corrected chi connectivity index (χ3v) is 3.14. The summed E-state index contributed by atoms with van der Waals surface area (Å²) in [6, 6.07) is 6.03. The van der Waals surface area contributed by atoms with Crippen LogP contribution in [0.1, 0.15) is 38.2 Å². The molecule has 0 aliphatic heterocycles. The number of hydrogen-bond acceptors (Lipinski definition) is 3. The van der Waals surface area contributed by atoms with Gasteiger partial charge in [0.25, 0.3) is 0 Å². The van der Waals surface area contributed by atoms with E-state index < -0.39 is 0 Å². The molecule has 0 saturated carbocycles. The normalized spacial score (nSPS) is 10.3. The number of nitrogens with one attached hydrogen (secondary N) is 1. The first-order valence-electron chi connectivity index (χ1n) is 7.43. The molecule has 0 amide bonds. The molecule has 1 N–H and O–H groups in total. The second kappa shape index (κ2) is 10.3. The average Bonchev–Trinajstić information content (AvgIpc) is 2.49. The summed E-state index contributed by atoms with van der Waals surface area (Å²) in [5.41, 5.74) is 1.15. The molecule has 0 saturated heterocycles. The van der Waals surface area contributed by atoms with Crippen LogP contribution in [-0.4, -0.2) is 20.3 Å². The maximum atomic E-state index is 5.95. The number of ether oxygens (including phenoxy) is 2. The van der Waals surface area contributed by atoms with Crippen LogP contribution in [0.2, 0.25) is 0 Å². The van der Waals surface area contributed by atoms with E-state index in [4.69, 9.17) is 9.47 Å². The van der Waals surface area contributed by atoms with E-state index in [-0.39, 0.29) is 0 Å². The minimum Gasteiger partial charge on any atom is -0.493 e. The second-order valence-electron chi connectivity index (χ2n) is 4.72. The van der Waals surface area contributed by atoms with Crippen molar-refractivity contribution in [2.45, 2.75) is 39.2 Å². The van der Waals surface area contributed by atoms with Crippen LogP contribution in [-0.2, 0) is 6.54 Å². The summed E-state index contributed by atoms with van der Waals surface area (Å²) in [6.07, 6.45) is 6.47. The van der Waals surface area contributed by atoms with Gasteiger partial charge in [-0.05, 0) is 38.3 Å². The van der Waals surface area contributed by atoms with Crippen LogP contribution in [0.3, 0.4) is 0 Å². The number of unbranched alkanes of at least 4 members (excludes halogenated alkanes) is 3. The highest BCUT2D eigenvalue weighted by molar-refractivity contribution is 5.46. The van der Waals surface area contributed by atoms with E-state index in [1.807, 2.05) is 18.2 Å². The van der Waals surface area contributed by atoms with Gasteiger partial charge in [0.2, 0.25) is 0 Å². The zero-order valence-electron chi connectivity index (χ0n) is 12.8. The lowest BCUT2D eigenvalue weighted by Gasteiger charge is -2.15. The van der Waals surface area contributed by atoms with Crippen molar-refractivity contribution < 1.29 is 9.47 Å². The third kappa shape index (κ3) is 5.66. The number of rotatable bonds is 11. The van der Waals surface area contributed by atoms with Crippen LogP contribution in [0.4, 0.5) is 0 Å². The fourth-order valence-electron chi connectivity index (χ4n) is 2.03. The fourth-order valence-corrected chi connectivity index (χ4v) is 2.03. The smallest absolute Gasteiger partial charge is 0.165 e. The average molecular weight is 277 g/mol. The first-order valence-corrected chi connectivity index (χ1v) is 7.43. The van der Waals surface area contributed by atoms with E-state index in [0.29, 0.717) is 0 Å². The second-order valence-corrected chi connectivity index (χ2v) is 4.72. The van der Waals surface area contributed by atoms with Gasteiger partial charge in [0, 0.05) is 12.1 Å². The number of hydrogen-bond donors (Lipinski definition) is 1. The van der Waals surface area contributed by atoms with E-state index in [1.54, 1.807) is 7.11 Å². The van der Waals surface area contributed by atoms with E-state index in [9.17, 15) is 0 Å². The highest BCUT2D eigenvalue weighted by atomic mass is 16.5. The molecule has 0 spiro atoms. The quantitative estimate of drug-likeness (QED) is 0.491. The highest BCUT2D eigenvalue weighted by Crippen LogP contribution is 2.31. The Morgan fingerprint density at radius 1 is 1.25 bits per heavy atom. The fraction of sp³-hybridized carbons (Fsp3) is 0.529. The molecule has 0 aliphatic rings. The molecule has 112 valence electrons. The summed E-state index contributed by atoms with van der Waals surface area (Å²) in [6.45, 7) is 8.31. The van der Waals surface area contributed by atoms with Crippen LogP contribution in [0.5, 0.6) is 11.5 Å². The Kier molecular flexibility index (Phi) is 8.56. The van der Waals surface area contributed by atoms with Crippen LogP contribution in [0, 0.1) is 0 Å². The maximum Gasteiger partial charge on any atom is 0.165 e. The minimum absolute atomic E-state index is 0.733. The van der Waals surface area contributed by atoms with Crippen molar-refractivity contribution in [3.05, 3.63) is 36.4 Å². The summed E-state index contributed by atoms with van der Waals surface area (Å²) in [7, 11) is 1.68. The van der Waals surface area contributed by atoms with Gasteiger partial charge >= 0.3 is 0 Å². The van der Waals surface area contributed by atoms with Crippen molar-refractivity contribution in [3.8, 4) is 11.5 Å². The Hall–Kier alpha value is -1.48. The predicted molar refractivity (Wildman–Crippen MR) is 84.5 cm³/mol. The minimum atomic E-state index is 0.733. The number of para-hydroxylation sites is 1. The summed E-state index contributed by atoms with van der Waals surface area (Å²) in [5, 5.41) is 3.33. The topological polar surface area (TPSA) is 30.5 Å². The van der Waals surface area contributed by atoms with E-state index in [0.717, 1.165) is 49.6 Å². The van der Waals surface area contributed by atoms with E-state index in [1.165, 1.54) is 12.8 Å². The van der Waals surface area contributed by atoms with Gasteiger partial charge in [0.15, 0.2) is 11.5 Å². The zero-order chi connectivity index (χ0) is 14.6. The van der Waals surface area contributed by atoms with Crippen LogP contribution in [0.15, 0.2) is 30.9 Å². The largest absolute Gasteiger partial charge is 0.493 e. The summed E-state index contributed by atoms with van der Waals surface area (Å²) >= 11 is 0. The first kappa shape index (κ1) is 16.6. The lowest BCUT2D eigenvalue weighted by molar-refractivity contribution is 0.282. The van der Waals surface area contributed by atoms with Gasteiger partial charge in [-0.3, -0.25) is 0 Å². The molecule has 0 unspecified atom stereocenters. The monoisotopic (exact) mass is 277 g/mol. The van der Waals surface area contributed by atoms with Crippen molar-refractivity contribution in [1.82, 2.24) is 5.32 Å². The molecule has 0 aliphatic carbocycles. The molecule has 0 heterocycles. The Bertz CT molecular complexity index is 391. The summed E-state index contributed by atoms with van der Waals surface area (Å²) in [5.74, 6) is 1.69. The van der Waals surface area contributed by atoms with Crippen molar-refractivity contribution >= 4 is 0 Å². The summed E-state index contributed by atoms with van der Waals surface area (Å²) in [4.78, 5) is 0. The lowest BCUT2D eigenvalue weighted by atomic mass is 10.1. The maximum absolute atomic E-state index is 5.95. The van der Waals surface area contributed by atoms with Gasteiger partial charge in [0.1, 0.15) is 0 Å². The molecule has 3 nitrogen and oxygen atoms in total. The molecule has 0 atom stereocenters. The zero-order valence-corrected chi connectivity index (χ0v) is 12.8. The number of allylic oxidation sites excluding steroid dienone is 1. The van der Waals surface area contributed by atoms with Crippen molar-refractivity contribution in [3.63, 3.8) is 0 Å². The van der Waals surface area contributed by atoms with Gasteiger partial charge in [-0.2, -0.15) is 0 Å². The molecule has 1 aromatic rings. The molecule has 0 aromatic heterocycles. The van der Waals surface area contributed by atoms with E-state index in [2.05, 4.69) is 24.9 Å². The standard InChI is InChI=1S/C17H27NO2/c1-4-6-7-8-9-13-20-17-15(14-18-5-2)11-10-12-16(17)19-3/h4,10-12,18H,1,5-9,13-14H2,2-3H3. The molecule has 0 radical (unpaired) electrons. The Balaban J connectivity index is 2.54. The lowest BCUT2D eigenvalue weighted by Crippen LogP contribution is -2.13. The number of methoxy groups -OCH3 is 1. The van der Waals surface area contributed by atoms with Gasteiger partial charge in [0.05, 0.1) is 13.7 Å². The van der Waals surface area contributed by atoms with Crippen molar-refractivity contribution in [2.75, 3.05) is 20.3 Å². The van der Waals surface area contributed by atoms with Gasteiger partial charge in [-0.1, -0.05) is 25.1 Å². The highest BCUT2D eigenvalue weighted by Gasteiger charge is 2.09. The van der Waals surface area contributed by atoms with Gasteiger partial charge in [-0.25, -0.2) is 0 Å². The first-order chi connectivity index (χ1) is 9.83. The molecule has 20 heavy (non-hydrogen) atoms. The molecule has 1 rings (SSSR count). The molecular weight excluding hydrogens is 250 g/mol. The Labute approximate surface area is 123 Å². The molecule has 1 aromatic carbocycles. The SMILES string of the molecule is C=CCCCCCOc1c(CNCC)cccc1OC. The van der Waals surface area contributed by atoms with Crippen LogP contribution in [0.25, 0.3) is 0 Å². The Morgan fingerprint density at radius 2 is 2.10 bits per heavy atom.